The van der Waals surface area contributed by atoms with E-state index in [1.165, 1.54) is 5.56 Å². The van der Waals surface area contributed by atoms with Gasteiger partial charge in [-0.1, -0.05) is 25.1 Å². The van der Waals surface area contributed by atoms with Gasteiger partial charge in [0.1, 0.15) is 5.00 Å². The molecular formula is C18H20N2O2S. The smallest absolute Gasteiger partial charge is 0.332 e. The molecule has 0 fully saturated rings. The molecule has 2 heterocycles. The number of hydrazine groups is 1. The van der Waals surface area contributed by atoms with E-state index in [1.54, 1.807) is 16.3 Å². The zero-order valence-corrected chi connectivity index (χ0v) is 14.3. The average Bonchev–Trinajstić information content (AvgIpc) is 2.92. The van der Waals surface area contributed by atoms with Crippen molar-refractivity contribution in [3.8, 4) is 0 Å². The second kappa shape index (κ2) is 6.08. The minimum atomic E-state index is -0.853. The van der Waals surface area contributed by atoms with Gasteiger partial charge >= 0.3 is 5.97 Å². The van der Waals surface area contributed by atoms with E-state index in [2.05, 4.69) is 24.7 Å². The van der Waals surface area contributed by atoms with Crippen molar-refractivity contribution in [1.82, 2.24) is 0 Å². The maximum Gasteiger partial charge on any atom is 0.332 e. The number of para-hydroxylation sites is 1. The van der Waals surface area contributed by atoms with E-state index in [4.69, 9.17) is 0 Å². The molecular weight excluding hydrogens is 308 g/mol. The van der Waals surface area contributed by atoms with E-state index < -0.39 is 12.0 Å². The van der Waals surface area contributed by atoms with Gasteiger partial charge in [-0.3, -0.25) is 10.4 Å². The van der Waals surface area contributed by atoms with Gasteiger partial charge in [0, 0.05) is 5.56 Å². The number of rotatable bonds is 4. The van der Waals surface area contributed by atoms with Crippen LogP contribution >= 0.6 is 11.3 Å². The first kappa shape index (κ1) is 15.6. The van der Waals surface area contributed by atoms with Crippen LogP contribution in [0.1, 0.15) is 30.0 Å². The molecule has 4 nitrogen and oxygen atoms in total. The van der Waals surface area contributed by atoms with E-state index in [-0.39, 0.29) is 0 Å². The van der Waals surface area contributed by atoms with Crippen LogP contribution in [0.4, 0.5) is 10.7 Å². The predicted octanol–water partition coefficient (Wildman–Crippen LogP) is 4.46. The van der Waals surface area contributed by atoms with Crippen molar-refractivity contribution in [2.75, 3.05) is 10.4 Å². The maximum absolute atomic E-state index is 11.8. The molecule has 23 heavy (non-hydrogen) atoms. The van der Waals surface area contributed by atoms with Crippen LogP contribution < -0.4 is 10.4 Å². The first-order valence-electron chi connectivity index (χ1n) is 7.66. The molecule has 2 N–H and O–H groups in total. The molecule has 5 heteroatoms. The Morgan fingerprint density at radius 2 is 2.04 bits per heavy atom. The number of carboxylic acid groups (broad SMARTS) is 1. The summed E-state index contributed by atoms with van der Waals surface area (Å²) in [7, 11) is 0. The van der Waals surface area contributed by atoms with E-state index in [0.717, 1.165) is 33.8 Å². The number of aryl methyl sites for hydroxylation is 2. The van der Waals surface area contributed by atoms with Gasteiger partial charge < -0.3 is 5.11 Å². The number of benzene rings is 1. The number of aliphatic carboxylic acids is 1. The number of carboxylic acids is 1. The highest BCUT2D eigenvalue weighted by atomic mass is 32.1. The van der Waals surface area contributed by atoms with Gasteiger partial charge in [0.2, 0.25) is 0 Å². The molecule has 0 radical (unpaired) electrons. The van der Waals surface area contributed by atoms with Gasteiger partial charge in [-0.05, 0) is 54.5 Å². The highest BCUT2D eigenvalue weighted by molar-refractivity contribution is 7.14. The van der Waals surface area contributed by atoms with Gasteiger partial charge in [0.25, 0.3) is 0 Å². The molecule has 2 aromatic rings. The number of hydrogen-bond donors (Lipinski definition) is 2. The molecule has 1 aliphatic heterocycles. The van der Waals surface area contributed by atoms with Crippen LogP contribution in [0.3, 0.4) is 0 Å². The van der Waals surface area contributed by atoms with Crippen LogP contribution in [0.5, 0.6) is 0 Å². The lowest BCUT2D eigenvalue weighted by molar-refractivity contribution is -0.137. The van der Waals surface area contributed by atoms with Gasteiger partial charge in [-0.2, -0.15) is 0 Å². The Balaban J connectivity index is 2.08. The summed E-state index contributed by atoms with van der Waals surface area (Å²) in [6.45, 7) is 6.15. The summed E-state index contributed by atoms with van der Waals surface area (Å²) in [5.74, 6) is -0.853. The molecule has 0 saturated carbocycles. The third-order valence-electron chi connectivity index (χ3n) is 4.15. The number of fused-ring (bicyclic) bond motifs is 1. The van der Waals surface area contributed by atoms with Crippen LogP contribution in [-0.4, -0.2) is 17.1 Å². The second-order valence-electron chi connectivity index (χ2n) is 5.72. The normalized spacial score (nSPS) is 16.7. The van der Waals surface area contributed by atoms with Crippen molar-refractivity contribution in [3.63, 3.8) is 0 Å². The van der Waals surface area contributed by atoms with Crippen LogP contribution in [0.25, 0.3) is 5.57 Å². The number of anilines is 2. The Bertz CT molecular complexity index is 779. The molecule has 0 aliphatic carbocycles. The number of nitrogens with one attached hydrogen (secondary N) is 1. The minimum absolute atomic E-state index is 0.713. The molecule has 0 spiro atoms. The van der Waals surface area contributed by atoms with E-state index in [0.29, 0.717) is 0 Å². The molecule has 1 atom stereocenters. The average molecular weight is 328 g/mol. The third kappa shape index (κ3) is 2.72. The number of nitrogens with zero attached hydrogens (tertiary/aromatic N) is 1. The number of thiophene rings is 1. The molecule has 120 valence electrons. The van der Waals surface area contributed by atoms with Crippen LogP contribution in [0.15, 0.2) is 35.7 Å². The summed E-state index contributed by atoms with van der Waals surface area (Å²) in [6.07, 6.45) is 2.68. The standard InChI is InChI=1S/C18H20N2O2S/c1-4-13-9-15(18(21)22)20(17-16(13)12(3)10-23-17)19-14-8-6-5-7-11(14)2/h5-10,15,19H,4H2,1-3H3,(H,21,22). The minimum Gasteiger partial charge on any atom is -0.479 e. The molecule has 1 aliphatic rings. The Labute approximate surface area is 140 Å². The fraction of sp³-hybridized carbons (Fsp3) is 0.278. The molecule has 1 aromatic carbocycles. The fourth-order valence-corrected chi connectivity index (χ4v) is 3.99. The summed E-state index contributed by atoms with van der Waals surface area (Å²) in [6, 6.07) is 7.18. The monoisotopic (exact) mass is 328 g/mol. The van der Waals surface area contributed by atoms with Gasteiger partial charge in [0.15, 0.2) is 6.04 Å². The molecule has 3 rings (SSSR count). The van der Waals surface area contributed by atoms with Crippen molar-refractivity contribution in [2.45, 2.75) is 33.2 Å². The molecule has 0 bridgehead atoms. The van der Waals surface area contributed by atoms with E-state index in [1.807, 2.05) is 37.3 Å². The zero-order valence-electron chi connectivity index (χ0n) is 13.5. The van der Waals surface area contributed by atoms with E-state index >= 15 is 0 Å². The van der Waals surface area contributed by atoms with Gasteiger partial charge in [0.05, 0.1) is 5.69 Å². The van der Waals surface area contributed by atoms with E-state index in [9.17, 15) is 9.90 Å². The Morgan fingerprint density at radius 3 is 2.70 bits per heavy atom. The maximum atomic E-state index is 11.8. The number of carbonyl (C=O) groups is 1. The van der Waals surface area contributed by atoms with Crippen molar-refractivity contribution in [3.05, 3.63) is 52.4 Å². The summed E-state index contributed by atoms with van der Waals surface area (Å²) < 4.78 is 0. The highest BCUT2D eigenvalue weighted by Gasteiger charge is 2.33. The highest BCUT2D eigenvalue weighted by Crippen LogP contribution is 2.42. The lowest BCUT2D eigenvalue weighted by Crippen LogP contribution is -2.45. The van der Waals surface area contributed by atoms with Gasteiger partial charge in [-0.25, -0.2) is 4.79 Å². The Morgan fingerprint density at radius 1 is 1.30 bits per heavy atom. The first-order valence-corrected chi connectivity index (χ1v) is 8.54. The summed E-state index contributed by atoms with van der Waals surface area (Å²) >= 11 is 1.58. The largest absolute Gasteiger partial charge is 0.479 e. The van der Waals surface area contributed by atoms with Crippen LogP contribution in [-0.2, 0) is 4.79 Å². The van der Waals surface area contributed by atoms with Crippen molar-refractivity contribution >= 4 is 33.6 Å². The Kier molecular flexibility index (Phi) is 4.13. The molecule has 1 aromatic heterocycles. The summed E-state index contributed by atoms with van der Waals surface area (Å²) in [5, 5.41) is 14.5. The quantitative estimate of drug-likeness (QED) is 0.870. The van der Waals surface area contributed by atoms with Crippen molar-refractivity contribution < 1.29 is 9.90 Å². The fourth-order valence-electron chi connectivity index (χ4n) is 2.90. The topological polar surface area (TPSA) is 52.6 Å². The van der Waals surface area contributed by atoms with Gasteiger partial charge in [-0.15, -0.1) is 11.3 Å². The molecule has 1 unspecified atom stereocenters. The molecule has 0 amide bonds. The SMILES string of the molecule is CCC1=CC(C(=O)O)N(Nc2ccccc2C)c2scc(C)c21. The summed E-state index contributed by atoms with van der Waals surface area (Å²) in [4.78, 5) is 11.8. The summed E-state index contributed by atoms with van der Waals surface area (Å²) in [5.41, 5.74) is 8.78. The van der Waals surface area contributed by atoms with Crippen molar-refractivity contribution in [1.29, 1.82) is 0 Å². The number of hydrogen-bond acceptors (Lipinski definition) is 4. The predicted molar refractivity (Wildman–Crippen MR) is 96.0 cm³/mol. The van der Waals surface area contributed by atoms with Crippen molar-refractivity contribution in [2.24, 2.45) is 0 Å². The lowest BCUT2D eigenvalue weighted by Gasteiger charge is -2.34. The zero-order chi connectivity index (χ0) is 16.6. The Hall–Kier alpha value is -2.27. The second-order valence-corrected chi connectivity index (χ2v) is 6.58. The molecule has 0 saturated heterocycles. The lowest BCUT2D eigenvalue weighted by atomic mass is 9.96. The first-order chi connectivity index (χ1) is 11.0. The number of allylic oxidation sites excluding steroid dienone is 1. The van der Waals surface area contributed by atoms with Crippen LogP contribution in [0.2, 0.25) is 0 Å². The van der Waals surface area contributed by atoms with Crippen LogP contribution in [0, 0.1) is 13.8 Å². The third-order valence-corrected chi connectivity index (χ3v) is 5.25.